The Kier molecular flexibility index (Phi) is 3.58. The molecule has 0 heterocycles. The molecule has 1 aliphatic rings. The third-order valence-corrected chi connectivity index (χ3v) is 3.48. The van der Waals surface area contributed by atoms with Gasteiger partial charge in [-0.3, -0.25) is 0 Å². The predicted molar refractivity (Wildman–Crippen MR) is 64.3 cm³/mol. The molecule has 1 unspecified atom stereocenters. The van der Waals surface area contributed by atoms with Crippen LogP contribution >= 0.6 is 0 Å². The Bertz CT molecular complexity index is 253. The third-order valence-electron chi connectivity index (χ3n) is 3.48. The van der Waals surface area contributed by atoms with E-state index < -0.39 is 0 Å². The zero-order valence-electron chi connectivity index (χ0n) is 10.4. The third kappa shape index (κ3) is 2.29. The van der Waals surface area contributed by atoms with Crippen LogP contribution in [0.2, 0.25) is 0 Å². The molecule has 0 spiro atoms. The second-order valence-corrected chi connectivity index (χ2v) is 5.25. The first-order valence-corrected chi connectivity index (χ1v) is 5.82. The van der Waals surface area contributed by atoms with E-state index in [4.69, 9.17) is 0 Å². The Labute approximate surface area is 89.1 Å². The highest BCUT2D eigenvalue weighted by molar-refractivity contribution is 5.27. The number of hydrogen-bond acceptors (Lipinski definition) is 0. The summed E-state index contributed by atoms with van der Waals surface area (Å²) >= 11 is 0. The molecule has 0 saturated carbocycles. The normalized spacial score (nSPS) is 24.4. The molecule has 1 aliphatic carbocycles. The van der Waals surface area contributed by atoms with E-state index in [9.17, 15) is 0 Å². The Morgan fingerprint density at radius 2 is 2.00 bits per heavy atom. The molecule has 0 saturated heterocycles. The van der Waals surface area contributed by atoms with Gasteiger partial charge in [0.1, 0.15) is 0 Å². The number of rotatable bonds is 2. The van der Waals surface area contributed by atoms with Gasteiger partial charge < -0.3 is 0 Å². The Balaban J connectivity index is 3.01. The summed E-state index contributed by atoms with van der Waals surface area (Å²) in [6, 6.07) is 0. The Morgan fingerprint density at radius 1 is 1.36 bits per heavy atom. The van der Waals surface area contributed by atoms with E-state index in [-0.39, 0.29) is 0 Å². The van der Waals surface area contributed by atoms with Crippen LogP contribution in [0.3, 0.4) is 0 Å². The van der Waals surface area contributed by atoms with Crippen molar-refractivity contribution in [1.82, 2.24) is 0 Å². The average molecular weight is 192 g/mol. The fourth-order valence-electron chi connectivity index (χ4n) is 3.03. The predicted octanol–water partition coefficient (Wildman–Crippen LogP) is 4.73. The maximum atomic E-state index is 2.39. The van der Waals surface area contributed by atoms with E-state index >= 15 is 0 Å². The lowest BCUT2D eigenvalue weighted by atomic mass is 9.68. The van der Waals surface area contributed by atoms with Crippen molar-refractivity contribution in [2.75, 3.05) is 0 Å². The summed E-state index contributed by atoms with van der Waals surface area (Å²) in [4.78, 5) is 0. The molecule has 0 fully saturated rings. The molecular weight excluding hydrogens is 168 g/mol. The molecule has 80 valence electrons. The van der Waals surface area contributed by atoms with Crippen molar-refractivity contribution in [1.29, 1.82) is 0 Å². The maximum Gasteiger partial charge on any atom is -0.00438 e. The van der Waals surface area contributed by atoms with E-state index in [1.807, 2.05) is 0 Å². The van der Waals surface area contributed by atoms with Gasteiger partial charge in [-0.25, -0.2) is 0 Å². The van der Waals surface area contributed by atoms with Crippen molar-refractivity contribution in [2.24, 2.45) is 11.3 Å². The number of allylic oxidation sites excluding steroid dienone is 4. The van der Waals surface area contributed by atoms with Gasteiger partial charge in [0, 0.05) is 0 Å². The van der Waals surface area contributed by atoms with E-state index in [2.05, 4.69) is 46.8 Å². The molecule has 0 aromatic rings. The SMILES string of the molecule is C/C=C/C(C)C1=C(C)CCCC1(C)C. The zero-order chi connectivity index (χ0) is 10.8. The highest BCUT2D eigenvalue weighted by Crippen LogP contribution is 2.43. The van der Waals surface area contributed by atoms with E-state index in [0.29, 0.717) is 11.3 Å². The quantitative estimate of drug-likeness (QED) is 0.555. The summed E-state index contributed by atoms with van der Waals surface area (Å²) in [5.41, 5.74) is 3.73. The van der Waals surface area contributed by atoms with E-state index in [1.54, 1.807) is 11.1 Å². The van der Waals surface area contributed by atoms with Crippen LogP contribution in [0.4, 0.5) is 0 Å². The molecular formula is C14H24. The van der Waals surface area contributed by atoms with Crippen LogP contribution in [-0.2, 0) is 0 Å². The highest BCUT2D eigenvalue weighted by atomic mass is 14.3. The molecule has 0 nitrogen and oxygen atoms in total. The van der Waals surface area contributed by atoms with Gasteiger partial charge in [-0.15, -0.1) is 0 Å². The molecule has 0 amide bonds. The summed E-state index contributed by atoms with van der Waals surface area (Å²) in [6.07, 6.45) is 8.52. The minimum atomic E-state index is 0.418. The van der Waals surface area contributed by atoms with Crippen LogP contribution in [0.25, 0.3) is 0 Å². The van der Waals surface area contributed by atoms with Crippen molar-refractivity contribution >= 4 is 0 Å². The highest BCUT2D eigenvalue weighted by Gasteiger charge is 2.30. The second-order valence-electron chi connectivity index (χ2n) is 5.25. The monoisotopic (exact) mass is 192 g/mol. The van der Waals surface area contributed by atoms with E-state index in [0.717, 1.165) is 0 Å². The number of hydrogen-bond donors (Lipinski definition) is 0. The van der Waals surface area contributed by atoms with Crippen molar-refractivity contribution in [3.8, 4) is 0 Å². The lowest BCUT2D eigenvalue weighted by Gasteiger charge is -2.37. The van der Waals surface area contributed by atoms with Gasteiger partial charge in [-0.2, -0.15) is 0 Å². The summed E-state index contributed by atoms with van der Waals surface area (Å²) < 4.78 is 0. The van der Waals surface area contributed by atoms with Gasteiger partial charge in [0.2, 0.25) is 0 Å². The molecule has 1 rings (SSSR count). The van der Waals surface area contributed by atoms with Crippen molar-refractivity contribution in [3.63, 3.8) is 0 Å². The van der Waals surface area contributed by atoms with E-state index in [1.165, 1.54) is 19.3 Å². The largest absolute Gasteiger partial charge is 0.0911 e. The van der Waals surface area contributed by atoms with Crippen LogP contribution in [0.5, 0.6) is 0 Å². The summed E-state index contributed by atoms with van der Waals surface area (Å²) in [7, 11) is 0. The molecule has 0 radical (unpaired) electrons. The van der Waals surface area contributed by atoms with Crippen LogP contribution in [0.15, 0.2) is 23.3 Å². The fourth-order valence-corrected chi connectivity index (χ4v) is 3.03. The first kappa shape index (κ1) is 11.6. The van der Waals surface area contributed by atoms with Gasteiger partial charge in [0.25, 0.3) is 0 Å². The minimum Gasteiger partial charge on any atom is -0.0911 e. The second kappa shape index (κ2) is 4.33. The van der Waals surface area contributed by atoms with Gasteiger partial charge in [-0.1, -0.05) is 44.1 Å². The molecule has 1 atom stereocenters. The first-order valence-electron chi connectivity index (χ1n) is 5.82. The first-order chi connectivity index (χ1) is 6.49. The minimum absolute atomic E-state index is 0.418. The van der Waals surface area contributed by atoms with Gasteiger partial charge in [-0.05, 0) is 44.4 Å². The summed E-state index contributed by atoms with van der Waals surface area (Å²) in [5, 5.41) is 0. The molecule has 0 aromatic heterocycles. The molecule has 0 aliphatic heterocycles. The fraction of sp³-hybridized carbons (Fsp3) is 0.714. The summed E-state index contributed by atoms with van der Waals surface area (Å²) in [5.74, 6) is 0.621. The van der Waals surface area contributed by atoms with Crippen LogP contribution in [-0.4, -0.2) is 0 Å². The zero-order valence-corrected chi connectivity index (χ0v) is 10.4. The molecule has 14 heavy (non-hydrogen) atoms. The topological polar surface area (TPSA) is 0 Å². The van der Waals surface area contributed by atoms with Crippen molar-refractivity contribution in [3.05, 3.63) is 23.3 Å². The average Bonchev–Trinajstić information content (AvgIpc) is 2.02. The van der Waals surface area contributed by atoms with Gasteiger partial charge in [0.15, 0.2) is 0 Å². The van der Waals surface area contributed by atoms with Crippen LogP contribution < -0.4 is 0 Å². The van der Waals surface area contributed by atoms with Crippen molar-refractivity contribution < 1.29 is 0 Å². The van der Waals surface area contributed by atoms with Crippen LogP contribution in [0.1, 0.15) is 53.9 Å². The van der Waals surface area contributed by atoms with Gasteiger partial charge in [0.05, 0.1) is 0 Å². The Hall–Kier alpha value is -0.520. The maximum absolute atomic E-state index is 2.39. The Morgan fingerprint density at radius 3 is 2.50 bits per heavy atom. The smallest absolute Gasteiger partial charge is 0.00438 e. The lowest BCUT2D eigenvalue weighted by molar-refractivity contribution is 0.342. The molecule has 0 heteroatoms. The molecule has 0 aromatic carbocycles. The summed E-state index contributed by atoms with van der Waals surface area (Å²) in [6.45, 7) is 11.5. The van der Waals surface area contributed by atoms with Crippen molar-refractivity contribution in [2.45, 2.75) is 53.9 Å². The van der Waals surface area contributed by atoms with Gasteiger partial charge >= 0.3 is 0 Å². The molecule has 0 bridgehead atoms. The lowest BCUT2D eigenvalue weighted by Crippen LogP contribution is -2.24. The molecule has 0 N–H and O–H groups in total. The standard InChI is InChI=1S/C14H24/c1-6-8-11(2)13-12(3)9-7-10-14(13,4)5/h6,8,11H,7,9-10H2,1-5H3/b8-6+. The van der Waals surface area contributed by atoms with Crippen LogP contribution in [0, 0.1) is 11.3 Å².